The Kier molecular flexibility index (Phi) is 6.53. The van der Waals surface area contributed by atoms with Crippen LogP contribution >= 0.6 is 12.4 Å². The first-order valence-corrected chi connectivity index (χ1v) is 8.32. The van der Waals surface area contributed by atoms with Crippen molar-refractivity contribution in [1.82, 2.24) is 10.2 Å². The Morgan fingerprint density at radius 3 is 2.38 bits per heavy atom. The van der Waals surface area contributed by atoms with E-state index in [1.807, 2.05) is 0 Å². The average Bonchev–Trinajstić information content (AvgIpc) is 3.32. The quantitative estimate of drug-likeness (QED) is 0.862. The summed E-state index contributed by atoms with van der Waals surface area (Å²) in [7, 11) is 0. The van der Waals surface area contributed by atoms with E-state index in [9.17, 15) is 0 Å². The molecule has 3 heteroatoms. The SMILES string of the molecule is CC(CN1CCC(NCC2CC2)CC1)c1ccccc1.Cl. The monoisotopic (exact) mass is 308 g/mol. The van der Waals surface area contributed by atoms with Gasteiger partial charge in [0.25, 0.3) is 0 Å². The second-order valence-corrected chi connectivity index (χ2v) is 6.74. The van der Waals surface area contributed by atoms with E-state index < -0.39 is 0 Å². The lowest BCUT2D eigenvalue weighted by Gasteiger charge is -2.34. The van der Waals surface area contributed by atoms with E-state index >= 15 is 0 Å². The summed E-state index contributed by atoms with van der Waals surface area (Å²) in [6.07, 6.45) is 5.57. The molecule has 1 atom stereocenters. The van der Waals surface area contributed by atoms with Crippen LogP contribution in [0, 0.1) is 5.92 Å². The summed E-state index contributed by atoms with van der Waals surface area (Å²) in [6.45, 7) is 7.36. The van der Waals surface area contributed by atoms with E-state index in [1.54, 1.807) is 0 Å². The van der Waals surface area contributed by atoms with Crippen LogP contribution < -0.4 is 5.32 Å². The standard InChI is InChI=1S/C18H28N2.ClH/c1-15(17-5-3-2-4-6-17)14-20-11-9-18(10-12-20)19-13-16-7-8-16;/h2-6,15-16,18-19H,7-14H2,1H3;1H. The first kappa shape index (κ1) is 16.8. The van der Waals surface area contributed by atoms with Gasteiger partial charge in [-0.05, 0) is 62.7 Å². The van der Waals surface area contributed by atoms with Gasteiger partial charge in [-0.3, -0.25) is 0 Å². The predicted molar refractivity (Wildman–Crippen MR) is 92.3 cm³/mol. The number of nitrogens with one attached hydrogen (secondary N) is 1. The fourth-order valence-corrected chi connectivity index (χ4v) is 3.25. The van der Waals surface area contributed by atoms with Crippen molar-refractivity contribution in [2.75, 3.05) is 26.2 Å². The number of halogens is 1. The number of benzene rings is 1. The zero-order chi connectivity index (χ0) is 13.8. The summed E-state index contributed by atoms with van der Waals surface area (Å²) in [4.78, 5) is 2.65. The second kappa shape index (κ2) is 8.17. The van der Waals surface area contributed by atoms with Gasteiger partial charge < -0.3 is 10.2 Å². The van der Waals surface area contributed by atoms with E-state index in [1.165, 1.54) is 57.4 Å². The van der Waals surface area contributed by atoms with Gasteiger partial charge in [0.05, 0.1) is 0 Å². The third-order valence-corrected chi connectivity index (χ3v) is 4.88. The van der Waals surface area contributed by atoms with Gasteiger partial charge in [-0.15, -0.1) is 12.4 Å². The molecule has 2 aliphatic rings. The molecule has 0 radical (unpaired) electrons. The molecule has 2 fully saturated rings. The predicted octanol–water partition coefficient (Wildman–Crippen LogP) is 3.68. The highest BCUT2D eigenvalue weighted by molar-refractivity contribution is 5.85. The number of likely N-dealkylation sites (tertiary alicyclic amines) is 1. The number of rotatable bonds is 6. The van der Waals surface area contributed by atoms with Crippen LogP contribution in [-0.2, 0) is 0 Å². The Morgan fingerprint density at radius 2 is 1.76 bits per heavy atom. The summed E-state index contributed by atoms with van der Waals surface area (Å²) >= 11 is 0. The molecule has 0 spiro atoms. The Hall–Kier alpha value is -0.570. The molecule has 118 valence electrons. The normalized spacial score (nSPS) is 21.8. The number of hydrogen-bond donors (Lipinski definition) is 1. The van der Waals surface area contributed by atoms with Crippen LogP contribution in [0.3, 0.4) is 0 Å². The Balaban J connectivity index is 0.00000161. The molecule has 1 saturated carbocycles. The van der Waals surface area contributed by atoms with Crippen molar-refractivity contribution < 1.29 is 0 Å². The van der Waals surface area contributed by atoms with Crippen LogP contribution in [-0.4, -0.2) is 37.1 Å². The van der Waals surface area contributed by atoms with Crippen molar-refractivity contribution in [3.63, 3.8) is 0 Å². The maximum Gasteiger partial charge on any atom is 0.00915 e. The van der Waals surface area contributed by atoms with Gasteiger partial charge in [0.2, 0.25) is 0 Å². The highest BCUT2D eigenvalue weighted by Crippen LogP contribution is 2.28. The molecular weight excluding hydrogens is 280 g/mol. The van der Waals surface area contributed by atoms with Gasteiger partial charge >= 0.3 is 0 Å². The van der Waals surface area contributed by atoms with E-state index in [-0.39, 0.29) is 12.4 Å². The van der Waals surface area contributed by atoms with Gasteiger partial charge in [-0.25, -0.2) is 0 Å². The van der Waals surface area contributed by atoms with Gasteiger partial charge in [-0.1, -0.05) is 37.3 Å². The third-order valence-electron chi connectivity index (χ3n) is 4.88. The summed E-state index contributed by atoms with van der Waals surface area (Å²) < 4.78 is 0. The molecule has 1 aromatic carbocycles. The minimum Gasteiger partial charge on any atom is -0.314 e. The highest BCUT2D eigenvalue weighted by Gasteiger charge is 2.24. The summed E-state index contributed by atoms with van der Waals surface area (Å²) in [5.74, 6) is 1.65. The molecule has 1 saturated heterocycles. The molecule has 1 aliphatic carbocycles. The lowest BCUT2D eigenvalue weighted by atomic mass is 9.98. The van der Waals surface area contributed by atoms with E-state index in [4.69, 9.17) is 0 Å². The number of hydrogen-bond acceptors (Lipinski definition) is 2. The molecule has 1 unspecified atom stereocenters. The van der Waals surface area contributed by atoms with E-state index in [0.29, 0.717) is 5.92 Å². The fourth-order valence-electron chi connectivity index (χ4n) is 3.25. The minimum absolute atomic E-state index is 0. The van der Waals surface area contributed by atoms with Crippen LogP contribution in [0.15, 0.2) is 30.3 Å². The molecule has 0 aromatic heterocycles. The Bertz CT molecular complexity index is 397. The highest BCUT2D eigenvalue weighted by atomic mass is 35.5. The molecule has 0 bridgehead atoms. The zero-order valence-electron chi connectivity index (χ0n) is 13.1. The number of piperidine rings is 1. The molecule has 1 heterocycles. The van der Waals surface area contributed by atoms with Crippen molar-refractivity contribution in [2.24, 2.45) is 5.92 Å². The molecule has 1 N–H and O–H groups in total. The fraction of sp³-hybridized carbons (Fsp3) is 0.667. The molecule has 2 nitrogen and oxygen atoms in total. The third kappa shape index (κ3) is 5.28. The van der Waals surface area contributed by atoms with Crippen molar-refractivity contribution in [3.8, 4) is 0 Å². The van der Waals surface area contributed by atoms with Gasteiger partial charge in [0.1, 0.15) is 0 Å². The van der Waals surface area contributed by atoms with Crippen molar-refractivity contribution >= 4 is 12.4 Å². The lowest BCUT2D eigenvalue weighted by molar-refractivity contribution is 0.189. The van der Waals surface area contributed by atoms with Gasteiger partial charge in [0, 0.05) is 12.6 Å². The minimum atomic E-state index is 0. The van der Waals surface area contributed by atoms with Crippen molar-refractivity contribution in [1.29, 1.82) is 0 Å². The number of nitrogens with zero attached hydrogens (tertiary/aromatic N) is 1. The van der Waals surface area contributed by atoms with Crippen molar-refractivity contribution in [3.05, 3.63) is 35.9 Å². The van der Waals surface area contributed by atoms with Crippen LogP contribution in [0.25, 0.3) is 0 Å². The van der Waals surface area contributed by atoms with Crippen LogP contribution in [0.2, 0.25) is 0 Å². The first-order valence-electron chi connectivity index (χ1n) is 8.32. The Labute approximate surface area is 135 Å². The van der Waals surface area contributed by atoms with E-state index in [2.05, 4.69) is 47.5 Å². The molecule has 0 amide bonds. The summed E-state index contributed by atoms with van der Waals surface area (Å²) in [5.41, 5.74) is 1.47. The zero-order valence-corrected chi connectivity index (χ0v) is 13.9. The second-order valence-electron chi connectivity index (χ2n) is 6.74. The largest absolute Gasteiger partial charge is 0.314 e. The van der Waals surface area contributed by atoms with Crippen LogP contribution in [0.1, 0.15) is 44.1 Å². The molecule has 21 heavy (non-hydrogen) atoms. The first-order chi connectivity index (χ1) is 9.81. The molecular formula is C18H29ClN2. The van der Waals surface area contributed by atoms with E-state index in [0.717, 1.165) is 12.0 Å². The van der Waals surface area contributed by atoms with Gasteiger partial charge in [0.15, 0.2) is 0 Å². The van der Waals surface area contributed by atoms with Crippen LogP contribution in [0.5, 0.6) is 0 Å². The van der Waals surface area contributed by atoms with Crippen LogP contribution in [0.4, 0.5) is 0 Å². The maximum atomic E-state index is 3.76. The van der Waals surface area contributed by atoms with Crippen molar-refractivity contribution in [2.45, 2.75) is 44.6 Å². The smallest absolute Gasteiger partial charge is 0.00915 e. The lowest BCUT2D eigenvalue weighted by Crippen LogP contribution is -2.44. The van der Waals surface area contributed by atoms with Gasteiger partial charge in [-0.2, -0.15) is 0 Å². The molecule has 1 aromatic rings. The molecule has 3 rings (SSSR count). The maximum absolute atomic E-state index is 3.76. The molecule has 1 aliphatic heterocycles. The Morgan fingerprint density at radius 1 is 1.10 bits per heavy atom. The summed E-state index contributed by atoms with van der Waals surface area (Å²) in [6, 6.07) is 11.7. The topological polar surface area (TPSA) is 15.3 Å². The summed E-state index contributed by atoms with van der Waals surface area (Å²) in [5, 5.41) is 3.76. The average molecular weight is 309 g/mol.